The lowest BCUT2D eigenvalue weighted by Gasteiger charge is -2.02. The van der Waals surface area contributed by atoms with Crippen LogP contribution in [0.1, 0.15) is 32.6 Å². The maximum Gasteiger partial charge on any atom is 0.0938 e. The van der Waals surface area contributed by atoms with Crippen LogP contribution >= 0.6 is 15.9 Å². The fourth-order valence-electron chi connectivity index (χ4n) is 0.698. The summed E-state index contributed by atoms with van der Waals surface area (Å²) in [6.45, 7) is 2.11. The molecular formula is C7H14BrO. The van der Waals surface area contributed by atoms with E-state index in [0.29, 0.717) is 0 Å². The molecule has 1 radical (unpaired) electrons. The molecule has 1 unspecified atom stereocenters. The van der Waals surface area contributed by atoms with Gasteiger partial charge in [-0.15, -0.1) is 0 Å². The fraction of sp³-hybridized carbons (Fsp3) is 1.00. The van der Waals surface area contributed by atoms with Gasteiger partial charge in [0.25, 0.3) is 0 Å². The summed E-state index contributed by atoms with van der Waals surface area (Å²) in [6.07, 6.45) is 3.52. The average molecular weight is 194 g/mol. The van der Waals surface area contributed by atoms with Crippen molar-refractivity contribution in [3.63, 3.8) is 0 Å². The van der Waals surface area contributed by atoms with E-state index in [-0.39, 0.29) is 6.10 Å². The van der Waals surface area contributed by atoms with Gasteiger partial charge >= 0.3 is 0 Å². The summed E-state index contributed by atoms with van der Waals surface area (Å²) in [5.74, 6) is 0. The molecule has 0 saturated carbocycles. The van der Waals surface area contributed by atoms with Gasteiger partial charge < -0.3 is 0 Å². The number of unbranched alkanes of at least 4 members (excludes halogenated alkanes) is 1. The Bertz CT molecular complexity index is 56.9. The maximum absolute atomic E-state index is 10.9. The molecule has 1 nitrogen and oxygen atoms in total. The van der Waals surface area contributed by atoms with Gasteiger partial charge in [0.1, 0.15) is 0 Å². The fourth-order valence-corrected chi connectivity index (χ4v) is 1.21. The van der Waals surface area contributed by atoms with Crippen molar-refractivity contribution >= 4 is 15.9 Å². The SMILES string of the molecule is CCCCC([O])CCBr. The summed E-state index contributed by atoms with van der Waals surface area (Å²) in [7, 11) is 0. The van der Waals surface area contributed by atoms with Gasteiger partial charge in [0.05, 0.1) is 6.10 Å². The molecule has 0 aliphatic rings. The van der Waals surface area contributed by atoms with E-state index >= 15 is 0 Å². The quantitative estimate of drug-likeness (QED) is 0.599. The van der Waals surface area contributed by atoms with Crippen molar-refractivity contribution in [3.05, 3.63) is 0 Å². The van der Waals surface area contributed by atoms with E-state index in [2.05, 4.69) is 22.9 Å². The monoisotopic (exact) mass is 193 g/mol. The average Bonchev–Trinajstić information content (AvgIpc) is 1.85. The molecule has 1 atom stereocenters. The Morgan fingerprint density at radius 3 is 2.56 bits per heavy atom. The Labute approximate surface area is 65.6 Å². The number of rotatable bonds is 5. The molecule has 0 fully saturated rings. The van der Waals surface area contributed by atoms with Crippen LogP contribution in [0.5, 0.6) is 0 Å². The van der Waals surface area contributed by atoms with Gasteiger partial charge in [0, 0.05) is 5.33 Å². The van der Waals surface area contributed by atoms with Gasteiger partial charge in [-0.3, -0.25) is 0 Å². The van der Waals surface area contributed by atoms with Crippen LogP contribution < -0.4 is 0 Å². The topological polar surface area (TPSA) is 19.9 Å². The Kier molecular flexibility index (Phi) is 6.88. The third-order valence-corrected chi connectivity index (χ3v) is 1.77. The summed E-state index contributed by atoms with van der Waals surface area (Å²) in [5, 5.41) is 11.7. The largest absolute Gasteiger partial charge is 0.233 e. The van der Waals surface area contributed by atoms with Crippen LogP contribution in [0, 0.1) is 0 Å². The lowest BCUT2D eigenvalue weighted by Crippen LogP contribution is -2.03. The summed E-state index contributed by atoms with van der Waals surface area (Å²) in [4.78, 5) is 0. The predicted molar refractivity (Wildman–Crippen MR) is 42.4 cm³/mol. The molecule has 0 aromatic carbocycles. The second-order valence-electron chi connectivity index (χ2n) is 2.24. The molecule has 0 amide bonds. The highest BCUT2D eigenvalue weighted by Crippen LogP contribution is 2.05. The number of alkyl halides is 1. The van der Waals surface area contributed by atoms with Crippen molar-refractivity contribution in [1.82, 2.24) is 0 Å². The number of hydrogen-bond donors (Lipinski definition) is 0. The highest BCUT2D eigenvalue weighted by Gasteiger charge is 2.02. The van der Waals surface area contributed by atoms with E-state index in [0.717, 1.165) is 31.0 Å². The summed E-state index contributed by atoms with van der Waals surface area (Å²) < 4.78 is 0. The minimum absolute atomic E-state index is 0.329. The minimum atomic E-state index is -0.329. The minimum Gasteiger partial charge on any atom is -0.233 e. The van der Waals surface area contributed by atoms with E-state index in [9.17, 15) is 5.11 Å². The smallest absolute Gasteiger partial charge is 0.0938 e. The first-order valence-corrected chi connectivity index (χ1v) is 4.65. The molecular weight excluding hydrogens is 180 g/mol. The van der Waals surface area contributed by atoms with Crippen molar-refractivity contribution < 1.29 is 5.11 Å². The molecule has 55 valence electrons. The van der Waals surface area contributed by atoms with Crippen molar-refractivity contribution in [2.45, 2.75) is 38.7 Å². The van der Waals surface area contributed by atoms with Crippen molar-refractivity contribution in [3.8, 4) is 0 Å². The van der Waals surface area contributed by atoms with Crippen LogP contribution in [0.3, 0.4) is 0 Å². The van der Waals surface area contributed by atoms with Gasteiger partial charge in [0.15, 0.2) is 0 Å². The van der Waals surface area contributed by atoms with Gasteiger partial charge in [-0.1, -0.05) is 35.7 Å². The Morgan fingerprint density at radius 1 is 1.44 bits per heavy atom. The van der Waals surface area contributed by atoms with Crippen LogP contribution in [0.25, 0.3) is 0 Å². The Morgan fingerprint density at radius 2 is 2.11 bits per heavy atom. The van der Waals surface area contributed by atoms with Gasteiger partial charge in [0.2, 0.25) is 0 Å². The highest BCUT2D eigenvalue weighted by atomic mass is 79.9. The number of hydrogen-bond acceptors (Lipinski definition) is 0. The lowest BCUT2D eigenvalue weighted by molar-refractivity contribution is 0.0773. The van der Waals surface area contributed by atoms with E-state index in [1.807, 2.05) is 0 Å². The third-order valence-electron chi connectivity index (χ3n) is 1.31. The van der Waals surface area contributed by atoms with E-state index in [1.165, 1.54) is 0 Å². The molecule has 0 N–H and O–H groups in total. The first kappa shape index (κ1) is 9.44. The van der Waals surface area contributed by atoms with E-state index in [1.54, 1.807) is 0 Å². The van der Waals surface area contributed by atoms with Gasteiger partial charge in [-0.25, -0.2) is 5.11 Å². The molecule has 0 heterocycles. The molecule has 0 saturated heterocycles. The first-order valence-electron chi connectivity index (χ1n) is 3.53. The highest BCUT2D eigenvalue weighted by molar-refractivity contribution is 9.09. The molecule has 0 aliphatic heterocycles. The van der Waals surface area contributed by atoms with E-state index < -0.39 is 0 Å². The zero-order chi connectivity index (χ0) is 7.11. The summed E-state index contributed by atoms with van der Waals surface area (Å²) >= 11 is 3.24. The molecule has 0 rings (SSSR count). The Hall–Kier alpha value is 0.440. The zero-order valence-corrected chi connectivity index (χ0v) is 7.49. The second-order valence-corrected chi connectivity index (χ2v) is 3.03. The zero-order valence-electron chi connectivity index (χ0n) is 5.90. The summed E-state index contributed by atoms with van der Waals surface area (Å²) in [6, 6.07) is 0. The molecule has 0 aromatic rings. The Balaban J connectivity index is 2.95. The lowest BCUT2D eigenvalue weighted by atomic mass is 10.1. The van der Waals surface area contributed by atoms with Crippen LogP contribution in [-0.2, 0) is 5.11 Å². The molecule has 9 heavy (non-hydrogen) atoms. The molecule has 0 spiro atoms. The first-order chi connectivity index (χ1) is 4.31. The third kappa shape index (κ3) is 6.32. The van der Waals surface area contributed by atoms with Crippen LogP contribution in [0.2, 0.25) is 0 Å². The number of halogens is 1. The maximum atomic E-state index is 10.9. The van der Waals surface area contributed by atoms with Gasteiger partial charge in [-0.2, -0.15) is 0 Å². The molecule has 0 aliphatic carbocycles. The normalized spacial score (nSPS) is 13.7. The van der Waals surface area contributed by atoms with Crippen molar-refractivity contribution in [1.29, 1.82) is 0 Å². The van der Waals surface area contributed by atoms with Gasteiger partial charge in [-0.05, 0) is 12.8 Å². The second kappa shape index (κ2) is 6.56. The standard InChI is InChI=1S/C7H14BrO/c1-2-3-4-7(9)5-6-8/h7H,2-6H2,1H3. The van der Waals surface area contributed by atoms with Crippen LogP contribution in [0.15, 0.2) is 0 Å². The van der Waals surface area contributed by atoms with Crippen molar-refractivity contribution in [2.75, 3.05) is 5.33 Å². The van der Waals surface area contributed by atoms with Crippen LogP contribution in [-0.4, -0.2) is 11.4 Å². The van der Waals surface area contributed by atoms with Crippen molar-refractivity contribution in [2.24, 2.45) is 0 Å². The van der Waals surface area contributed by atoms with E-state index in [4.69, 9.17) is 0 Å². The molecule has 2 heteroatoms. The molecule has 0 bridgehead atoms. The van der Waals surface area contributed by atoms with Crippen LogP contribution in [0.4, 0.5) is 0 Å². The summed E-state index contributed by atoms with van der Waals surface area (Å²) in [5.41, 5.74) is 0. The molecule has 0 aromatic heterocycles. The predicted octanol–water partition coefficient (Wildman–Crippen LogP) is 2.76.